The van der Waals surface area contributed by atoms with Crippen molar-refractivity contribution in [1.82, 2.24) is 15.1 Å². The van der Waals surface area contributed by atoms with Crippen LogP contribution in [0.25, 0.3) is 11.1 Å². The van der Waals surface area contributed by atoms with Gasteiger partial charge in [0, 0.05) is 38.0 Å². The van der Waals surface area contributed by atoms with Crippen LogP contribution in [0, 0.1) is 5.92 Å². The van der Waals surface area contributed by atoms with Crippen LogP contribution in [0.2, 0.25) is 0 Å². The van der Waals surface area contributed by atoms with E-state index in [2.05, 4.69) is 29.6 Å². The molecule has 0 bridgehead atoms. The number of rotatable bonds is 7. The molecule has 35 heavy (non-hydrogen) atoms. The molecule has 0 radical (unpaired) electrons. The number of fused-ring (bicyclic) bond motifs is 3. The molecular formula is C27H31N3O5. The number of carboxylic acid groups (broad SMARTS) is 1. The van der Waals surface area contributed by atoms with E-state index in [-0.39, 0.29) is 43.4 Å². The van der Waals surface area contributed by atoms with Crippen LogP contribution >= 0.6 is 0 Å². The number of aliphatic carboxylic acids is 1. The van der Waals surface area contributed by atoms with E-state index in [1.807, 2.05) is 24.3 Å². The first kappa shape index (κ1) is 23.4. The average molecular weight is 478 g/mol. The van der Waals surface area contributed by atoms with Crippen LogP contribution in [0.5, 0.6) is 0 Å². The normalized spacial score (nSPS) is 20.6. The standard InChI is InChI=1S/C27H31N3O5/c1-29-12-13-30(15-24(29)26(32)33)25(31)14-23(17-10-11-17)28-27(34)35-16-22-20-8-4-2-6-18(20)19-7-3-5-9-21(19)22/h2-9,17,22-24H,10-16H2,1H3,(H,28,34)(H,32,33). The number of carbonyl (C=O) groups is 3. The van der Waals surface area contributed by atoms with Crippen molar-refractivity contribution >= 4 is 18.0 Å². The minimum atomic E-state index is -0.930. The van der Waals surface area contributed by atoms with E-state index in [1.165, 1.54) is 11.1 Å². The molecule has 1 saturated carbocycles. The number of nitrogens with zero attached hydrogens (tertiary/aromatic N) is 2. The minimum absolute atomic E-state index is 0.0209. The van der Waals surface area contributed by atoms with Crippen LogP contribution in [0.4, 0.5) is 4.79 Å². The van der Waals surface area contributed by atoms with Crippen molar-refractivity contribution in [3.05, 3.63) is 59.7 Å². The van der Waals surface area contributed by atoms with Crippen LogP contribution in [0.1, 0.15) is 36.3 Å². The second kappa shape index (κ2) is 9.70. The molecule has 2 N–H and O–H groups in total. The molecule has 0 aromatic heterocycles. The number of ether oxygens (including phenoxy) is 1. The van der Waals surface area contributed by atoms with Gasteiger partial charge in [-0.2, -0.15) is 0 Å². The van der Waals surface area contributed by atoms with Gasteiger partial charge in [-0.25, -0.2) is 4.79 Å². The molecule has 2 unspecified atom stereocenters. The van der Waals surface area contributed by atoms with E-state index in [4.69, 9.17) is 4.74 Å². The molecule has 2 aliphatic carbocycles. The summed E-state index contributed by atoms with van der Waals surface area (Å²) < 4.78 is 5.68. The number of carbonyl (C=O) groups excluding carboxylic acids is 2. The van der Waals surface area contributed by atoms with Crippen molar-refractivity contribution in [2.24, 2.45) is 5.92 Å². The Balaban J connectivity index is 1.19. The molecule has 3 aliphatic rings. The Morgan fingerprint density at radius 3 is 2.26 bits per heavy atom. The highest BCUT2D eigenvalue weighted by molar-refractivity contribution is 5.81. The Morgan fingerprint density at radius 2 is 1.66 bits per heavy atom. The van der Waals surface area contributed by atoms with Crippen molar-refractivity contribution in [3.63, 3.8) is 0 Å². The van der Waals surface area contributed by atoms with Gasteiger partial charge >= 0.3 is 12.1 Å². The lowest BCUT2D eigenvalue weighted by atomic mass is 9.98. The maximum absolute atomic E-state index is 13.0. The van der Waals surface area contributed by atoms with Crippen molar-refractivity contribution in [2.45, 2.75) is 37.3 Å². The molecular weight excluding hydrogens is 446 g/mol. The Labute approximate surface area is 204 Å². The summed E-state index contributed by atoms with van der Waals surface area (Å²) in [6.07, 6.45) is 1.56. The maximum atomic E-state index is 13.0. The summed E-state index contributed by atoms with van der Waals surface area (Å²) in [7, 11) is 1.76. The number of benzene rings is 2. The number of alkyl carbamates (subject to hydrolysis) is 1. The van der Waals surface area contributed by atoms with Gasteiger partial charge in [-0.1, -0.05) is 48.5 Å². The number of likely N-dealkylation sites (N-methyl/N-ethyl adjacent to an activating group) is 1. The zero-order valence-corrected chi connectivity index (χ0v) is 19.9. The third-order valence-corrected chi connectivity index (χ3v) is 7.52. The highest BCUT2D eigenvalue weighted by Gasteiger charge is 2.38. The summed E-state index contributed by atoms with van der Waals surface area (Å²) in [5, 5.41) is 12.4. The van der Waals surface area contributed by atoms with Crippen LogP contribution in [-0.4, -0.2) is 78.2 Å². The van der Waals surface area contributed by atoms with Crippen molar-refractivity contribution < 1.29 is 24.2 Å². The van der Waals surface area contributed by atoms with E-state index in [0.717, 1.165) is 24.0 Å². The van der Waals surface area contributed by atoms with Crippen LogP contribution in [-0.2, 0) is 14.3 Å². The van der Waals surface area contributed by atoms with E-state index in [9.17, 15) is 19.5 Å². The fraction of sp³-hybridized carbons (Fsp3) is 0.444. The summed E-state index contributed by atoms with van der Waals surface area (Å²) >= 11 is 0. The molecule has 1 heterocycles. The summed E-state index contributed by atoms with van der Waals surface area (Å²) in [6, 6.07) is 15.4. The molecule has 8 heteroatoms. The summed E-state index contributed by atoms with van der Waals surface area (Å²) in [4.78, 5) is 40.6. The molecule has 2 aromatic carbocycles. The van der Waals surface area contributed by atoms with Crippen molar-refractivity contribution in [1.29, 1.82) is 0 Å². The Bertz CT molecular complexity index is 1090. The number of nitrogens with one attached hydrogen (secondary N) is 1. The number of carboxylic acids is 1. The van der Waals surface area contributed by atoms with E-state index < -0.39 is 18.1 Å². The van der Waals surface area contributed by atoms with Gasteiger partial charge in [0.05, 0.1) is 0 Å². The second-order valence-electron chi connectivity index (χ2n) is 9.79. The largest absolute Gasteiger partial charge is 0.480 e. The lowest BCUT2D eigenvalue weighted by molar-refractivity contribution is -0.147. The number of amides is 2. The van der Waals surface area contributed by atoms with Crippen molar-refractivity contribution in [2.75, 3.05) is 33.3 Å². The number of hydrogen-bond acceptors (Lipinski definition) is 5. The smallest absolute Gasteiger partial charge is 0.407 e. The second-order valence-corrected chi connectivity index (χ2v) is 9.79. The SMILES string of the molecule is CN1CCN(C(=O)CC(NC(=O)OCC2c3ccccc3-c3ccccc32)C2CC2)CC1C(=O)O. The zero-order chi connectivity index (χ0) is 24.5. The van der Waals surface area contributed by atoms with E-state index in [0.29, 0.717) is 13.1 Å². The fourth-order valence-corrected chi connectivity index (χ4v) is 5.31. The van der Waals surface area contributed by atoms with Crippen LogP contribution in [0.15, 0.2) is 48.5 Å². The summed E-state index contributed by atoms with van der Waals surface area (Å²) in [5.74, 6) is -0.824. The molecule has 0 spiro atoms. The van der Waals surface area contributed by atoms with Crippen molar-refractivity contribution in [3.8, 4) is 11.1 Å². The highest BCUT2D eigenvalue weighted by Crippen LogP contribution is 2.44. The lowest BCUT2D eigenvalue weighted by Gasteiger charge is -2.37. The Morgan fingerprint density at radius 1 is 1.03 bits per heavy atom. The lowest BCUT2D eigenvalue weighted by Crippen LogP contribution is -2.57. The van der Waals surface area contributed by atoms with Gasteiger partial charge in [-0.15, -0.1) is 0 Å². The van der Waals surface area contributed by atoms with Gasteiger partial charge in [0.25, 0.3) is 0 Å². The molecule has 5 rings (SSSR count). The van der Waals surface area contributed by atoms with Crippen LogP contribution < -0.4 is 5.32 Å². The average Bonchev–Trinajstić information content (AvgIpc) is 3.65. The first-order valence-electron chi connectivity index (χ1n) is 12.2. The van der Waals surface area contributed by atoms with Gasteiger partial charge in [0.2, 0.25) is 5.91 Å². The Hall–Kier alpha value is -3.39. The molecule has 184 valence electrons. The predicted octanol–water partition coefficient (Wildman–Crippen LogP) is 2.92. The van der Waals surface area contributed by atoms with Gasteiger partial charge < -0.3 is 20.1 Å². The topological polar surface area (TPSA) is 99.2 Å². The third-order valence-electron chi connectivity index (χ3n) is 7.52. The summed E-state index contributed by atoms with van der Waals surface area (Å²) in [6.45, 7) is 1.38. The van der Waals surface area contributed by atoms with Gasteiger partial charge in [-0.3, -0.25) is 14.5 Å². The Kier molecular flexibility index (Phi) is 6.47. The fourth-order valence-electron chi connectivity index (χ4n) is 5.31. The molecule has 2 amide bonds. The molecule has 2 fully saturated rings. The zero-order valence-electron chi connectivity index (χ0n) is 19.9. The van der Waals surface area contributed by atoms with Crippen LogP contribution in [0.3, 0.4) is 0 Å². The molecule has 1 aliphatic heterocycles. The molecule has 2 aromatic rings. The molecule has 2 atom stereocenters. The van der Waals surface area contributed by atoms with Gasteiger partial charge in [0.1, 0.15) is 12.6 Å². The number of piperazine rings is 1. The summed E-state index contributed by atoms with van der Waals surface area (Å²) in [5.41, 5.74) is 4.65. The quantitative estimate of drug-likeness (QED) is 0.636. The van der Waals surface area contributed by atoms with E-state index in [1.54, 1.807) is 16.8 Å². The van der Waals surface area contributed by atoms with Gasteiger partial charge in [0.15, 0.2) is 0 Å². The first-order valence-corrected chi connectivity index (χ1v) is 12.2. The molecule has 1 saturated heterocycles. The number of hydrogen-bond donors (Lipinski definition) is 2. The highest BCUT2D eigenvalue weighted by atomic mass is 16.5. The maximum Gasteiger partial charge on any atom is 0.407 e. The van der Waals surface area contributed by atoms with E-state index >= 15 is 0 Å². The van der Waals surface area contributed by atoms with Gasteiger partial charge in [-0.05, 0) is 48.1 Å². The monoisotopic (exact) mass is 477 g/mol. The third kappa shape index (κ3) is 4.89. The minimum Gasteiger partial charge on any atom is -0.480 e. The molecule has 8 nitrogen and oxygen atoms in total. The predicted molar refractivity (Wildman–Crippen MR) is 130 cm³/mol. The first-order chi connectivity index (χ1) is 16.9.